The van der Waals surface area contributed by atoms with Crippen LogP contribution in [-0.4, -0.2) is 15.4 Å². The third-order valence-corrected chi connectivity index (χ3v) is 3.87. The maximum Gasteiger partial charge on any atom is 0.226 e. The van der Waals surface area contributed by atoms with Crippen LogP contribution >= 0.6 is 11.8 Å². The first kappa shape index (κ1) is 14.0. The van der Waals surface area contributed by atoms with Crippen molar-refractivity contribution >= 4 is 11.8 Å². The van der Waals surface area contributed by atoms with Crippen LogP contribution in [0.1, 0.15) is 45.3 Å². The van der Waals surface area contributed by atoms with Gasteiger partial charge >= 0.3 is 0 Å². The Balaban J connectivity index is 2.40. The van der Waals surface area contributed by atoms with Crippen molar-refractivity contribution in [1.82, 2.24) is 10.1 Å². The molecule has 0 aromatic carbocycles. The molecule has 2 unspecified atom stereocenters. The molecule has 17 heavy (non-hydrogen) atoms. The van der Waals surface area contributed by atoms with Crippen LogP contribution in [0.2, 0.25) is 0 Å². The summed E-state index contributed by atoms with van der Waals surface area (Å²) in [4.78, 5) is 4.33. The highest BCUT2D eigenvalue weighted by Gasteiger charge is 2.11. The summed E-state index contributed by atoms with van der Waals surface area (Å²) in [7, 11) is 0. The SMILES string of the molecule is CCC(C)SCc1noc(CC(C)CC#N)n1. The molecule has 1 aromatic heterocycles. The van der Waals surface area contributed by atoms with Gasteiger partial charge in [0.25, 0.3) is 0 Å². The van der Waals surface area contributed by atoms with Crippen molar-refractivity contribution in [2.45, 2.75) is 51.0 Å². The van der Waals surface area contributed by atoms with Crippen molar-refractivity contribution in [3.63, 3.8) is 0 Å². The molecule has 0 aliphatic rings. The zero-order valence-electron chi connectivity index (χ0n) is 10.6. The van der Waals surface area contributed by atoms with E-state index >= 15 is 0 Å². The normalized spacial score (nSPS) is 14.2. The van der Waals surface area contributed by atoms with Gasteiger partial charge in [0, 0.05) is 18.1 Å². The highest BCUT2D eigenvalue weighted by molar-refractivity contribution is 7.99. The molecule has 0 aliphatic carbocycles. The predicted octanol–water partition coefficient (Wildman–Crippen LogP) is 3.19. The second-order valence-electron chi connectivity index (χ2n) is 4.31. The zero-order chi connectivity index (χ0) is 12.7. The van der Waals surface area contributed by atoms with Crippen molar-refractivity contribution in [1.29, 1.82) is 5.26 Å². The van der Waals surface area contributed by atoms with Gasteiger partial charge in [0.05, 0.1) is 11.8 Å². The molecular weight excluding hydrogens is 234 g/mol. The van der Waals surface area contributed by atoms with Crippen molar-refractivity contribution in [2.75, 3.05) is 0 Å². The number of thioether (sulfide) groups is 1. The molecule has 1 heterocycles. The van der Waals surface area contributed by atoms with Gasteiger partial charge in [0.1, 0.15) is 0 Å². The molecule has 94 valence electrons. The van der Waals surface area contributed by atoms with Crippen molar-refractivity contribution in [2.24, 2.45) is 5.92 Å². The van der Waals surface area contributed by atoms with Gasteiger partial charge in [0.15, 0.2) is 5.82 Å². The standard InChI is InChI=1S/C12H19N3OS/c1-4-10(3)17-8-11-14-12(16-15-11)7-9(2)5-6-13/h9-10H,4-5,7-8H2,1-3H3. The maximum absolute atomic E-state index is 8.57. The maximum atomic E-state index is 8.57. The number of hydrogen-bond donors (Lipinski definition) is 0. The topological polar surface area (TPSA) is 62.7 Å². The Kier molecular flexibility index (Phi) is 6.06. The van der Waals surface area contributed by atoms with E-state index in [1.807, 2.05) is 18.7 Å². The molecule has 4 nitrogen and oxygen atoms in total. The minimum absolute atomic E-state index is 0.274. The molecule has 0 radical (unpaired) electrons. The largest absolute Gasteiger partial charge is 0.339 e. The molecule has 0 fully saturated rings. The van der Waals surface area contributed by atoms with E-state index in [1.54, 1.807) is 0 Å². The molecule has 1 rings (SSSR count). The molecule has 0 saturated heterocycles. The van der Waals surface area contributed by atoms with Gasteiger partial charge in [-0.25, -0.2) is 0 Å². The molecule has 0 saturated carbocycles. The molecular formula is C12H19N3OS. The third-order valence-electron chi connectivity index (χ3n) is 2.54. The van der Waals surface area contributed by atoms with Gasteiger partial charge in [0.2, 0.25) is 5.89 Å². The van der Waals surface area contributed by atoms with Gasteiger partial charge in [-0.15, -0.1) is 0 Å². The molecule has 1 aromatic rings. The number of aromatic nitrogens is 2. The van der Waals surface area contributed by atoms with E-state index in [4.69, 9.17) is 9.78 Å². The lowest BCUT2D eigenvalue weighted by molar-refractivity contribution is 0.356. The van der Waals surface area contributed by atoms with Gasteiger partial charge < -0.3 is 4.52 Å². The van der Waals surface area contributed by atoms with Crippen LogP contribution in [0.15, 0.2) is 4.52 Å². The molecule has 5 heteroatoms. The fraction of sp³-hybridized carbons (Fsp3) is 0.750. The summed E-state index contributed by atoms with van der Waals surface area (Å²) in [6.45, 7) is 6.38. The first-order chi connectivity index (χ1) is 8.15. The first-order valence-corrected chi connectivity index (χ1v) is 7.00. The molecule has 0 bridgehead atoms. The van der Waals surface area contributed by atoms with Crippen molar-refractivity contribution in [3.8, 4) is 6.07 Å². The van der Waals surface area contributed by atoms with Crippen molar-refractivity contribution < 1.29 is 4.52 Å². The summed E-state index contributed by atoms with van der Waals surface area (Å²) in [5, 5.41) is 13.1. The number of rotatable bonds is 7. The van der Waals surface area contributed by atoms with Crippen LogP contribution < -0.4 is 0 Å². The molecule has 0 spiro atoms. The fourth-order valence-corrected chi connectivity index (χ4v) is 2.08. The Morgan fingerprint density at radius 3 is 2.88 bits per heavy atom. The van der Waals surface area contributed by atoms with Gasteiger partial charge in [-0.3, -0.25) is 0 Å². The monoisotopic (exact) mass is 253 g/mol. The molecule has 0 N–H and O–H groups in total. The van der Waals surface area contributed by atoms with E-state index in [1.165, 1.54) is 0 Å². The Labute approximate surface area is 107 Å². The fourth-order valence-electron chi connectivity index (χ4n) is 1.29. The summed E-state index contributed by atoms with van der Waals surface area (Å²) in [6.07, 6.45) is 2.36. The first-order valence-electron chi connectivity index (χ1n) is 5.95. The second kappa shape index (κ2) is 7.33. The minimum atomic E-state index is 0.274. The van der Waals surface area contributed by atoms with E-state index in [0.717, 1.165) is 18.0 Å². The smallest absolute Gasteiger partial charge is 0.226 e. The van der Waals surface area contributed by atoms with Gasteiger partial charge in [-0.1, -0.05) is 25.9 Å². The van der Waals surface area contributed by atoms with E-state index < -0.39 is 0 Å². The predicted molar refractivity (Wildman–Crippen MR) is 68.4 cm³/mol. The van der Waals surface area contributed by atoms with E-state index in [-0.39, 0.29) is 5.92 Å². The Morgan fingerprint density at radius 1 is 1.47 bits per heavy atom. The molecule has 2 atom stereocenters. The second-order valence-corrected chi connectivity index (χ2v) is 5.73. The lowest BCUT2D eigenvalue weighted by Gasteiger charge is -2.04. The number of nitriles is 1. The zero-order valence-corrected chi connectivity index (χ0v) is 11.5. The van der Waals surface area contributed by atoms with Crippen LogP contribution in [0.25, 0.3) is 0 Å². The Hall–Kier alpha value is -1.02. The van der Waals surface area contributed by atoms with Gasteiger partial charge in [-0.2, -0.15) is 22.0 Å². The van der Waals surface area contributed by atoms with Gasteiger partial charge in [-0.05, 0) is 12.3 Å². The van der Waals surface area contributed by atoms with Crippen LogP contribution in [0.5, 0.6) is 0 Å². The van der Waals surface area contributed by atoms with E-state index in [0.29, 0.717) is 24.0 Å². The molecule has 0 amide bonds. The summed E-state index contributed by atoms with van der Waals surface area (Å²) >= 11 is 1.83. The summed E-state index contributed by atoms with van der Waals surface area (Å²) in [5.41, 5.74) is 0. The third kappa shape index (κ3) is 5.22. The summed E-state index contributed by atoms with van der Waals surface area (Å²) in [6, 6.07) is 2.15. The average Bonchev–Trinajstić information content (AvgIpc) is 2.74. The Morgan fingerprint density at radius 2 is 2.24 bits per heavy atom. The highest BCUT2D eigenvalue weighted by Crippen LogP contribution is 2.18. The van der Waals surface area contributed by atoms with E-state index in [9.17, 15) is 0 Å². The number of nitrogens with zero attached hydrogens (tertiary/aromatic N) is 3. The summed E-state index contributed by atoms with van der Waals surface area (Å²) < 4.78 is 5.16. The summed E-state index contributed by atoms with van der Waals surface area (Å²) in [5.74, 6) is 2.47. The lowest BCUT2D eigenvalue weighted by Crippen LogP contribution is -1.99. The van der Waals surface area contributed by atoms with Crippen LogP contribution in [0.4, 0.5) is 0 Å². The highest BCUT2D eigenvalue weighted by atomic mass is 32.2. The average molecular weight is 253 g/mol. The Bertz CT molecular complexity index is 372. The molecule has 0 aliphatic heterocycles. The van der Waals surface area contributed by atoms with Crippen molar-refractivity contribution in [3.05, 3.63) is 11.7 Å². The minimum Gasteiger partial charge on any atom is -0.339 e. The lowest BCUT2D eigenvalue weighted by atomic mass is 10.1. The van der Waals surface area contributed by atoms with E-state index in [2.05, 4.69) is 30.1 Å². The van der Waals surface area contributed by atoms with Crippen LogP contribution in [-0.2, 0) is 12.2 Å². The quantitative estimate of drug-likeness (QED) is 0.746. The number of hydrogen-bond acceptors (Lipinski definition) is 5. The van der Waals surface area contributed by atoms with Crippen LogP contribution in [0, 0.1) is 17.2 Å². The van der Waals surface area contributed by atoms with Crippen LogP contribution in [0.3, 0.4) is 0 Å².